The zero-order chi connectivity index (χ0) is 30.8. The molecule has 0 aliphatic carbocycles. The van der Waals surface area contributed by atoms with Crippen LogP contribution in [0.2, 0.25) is 0 Å². The van der Waals surface area contributed by atoms with Gasteiger partial charge in [-0.1, -0.05) is 42.5 Å². The van der Waals surface area contributed by atoms with E-state index in [0.29, 0.717) is 16.9 Å². The van der Waals surface area contributed by atoms with Gasteiger partial charge < -0.3 is 21.7 Å². The molecule has 0 saturated carbocycles. The van der Waals surface area contributed by atoms with Crippen molar-refractivity contribution < 1.29 is 24.1 Å². The number of nitrogens with two attached hydrogens (primary N) is 1. The summed E-state index contributed by atoms with van der Waals surface area (Å²) in [6.45, 7) is 0. The molecule has 0 heterocycles. The lowest BCUT2D eigenvalue weighted by atomic mass is 10.1. The molecule has 12 heteroatoms. The molecule has 0 atom stereocenters. The molecule has 4 aromatic carbocycles. The maximum atomic E-state index is 13.3. The molecule has 0 bridgehead atoms. The summed E-state index contributed by atoms with van der Waals surface area (Å²) in [4.78, 5) is 61.8. The number of carbonyl (C=O) groups excluding carboxylic acids is 4. The number of nitrogens with zero attached hydrogens (tertiary/aromatic N) is 1. The first kappa shape index (κ1) is 30.2. The van der Waals surface area contributed by atoms with E-state index >= 15 is 0 Å². The Bertz CT molecular complexity index is 1710. The predicted octanol–water partition coefficient (Wildman–Crippen LogP) is 4.83. The van der Waals surface area contributed by atoms with E-state index in [1.165, 1.54) is 42.1 Å². The normalized spacial score (nSPS) is 10.8. The molecule has 0 spiro atoms. The monoisotopic (exact) mass is 595 g/mol. The molecule has 4 amide bonds. The SMILES string of the molecule is NC(=O)c1ccccc1NC(=O)CSc1ccc(NC(=O)/C(=C/c2ccccc2[N+](=O)[O-])NC(=O)c2ccccc2)cc1. The van der Waals surface area contributed by atoms with Crippen LogP contribution in [0.3, 0.4) is 0 Å². The van der Waals surface area contributed by atoms with Crippen molar-refractivity contribution in [3.8, 4) is 0 Å². The number of amides is 4. The topological polar surface area (TPSA) is 174 Å². The van der Waals surface area contributed by atoms with Crippen molar-refractivity contribution in [3.05, 3.63) is 136 Å². The molecular weight excluding hydrogens is 570 g/mol. The number of benzene rings is 4. The number of para-hydroxylation sites is 2. The van der Waals surface area contributed by atoms with Gasteiger partial charge in [-0.3, -0.25) is 29.3 Å². The number of thioether (sulfide) groups is 1. The van der Waals surface area contributed by atoms with Crippen molar-refractivity contribution in [1.29, 1.82) is 0 Å². The van der Waals surface area contributed by atoms with Crippen LogP contribution in [-0.2, 0) is 9.59 Å². The van der Waals surface area contributed by atoms with Gasteiger partial charge in [0.1, 0.15) is 5.70 Å². The number of primary amides is 1. The molecule has 4 aromatic rings. The van der Waals surface area contributed by atoms with Gasteiger partial charge in [-0.05, 0) is 60.7 Å². The lowest BCUT2D eigenvalue weighted by molar-refractivity contribution is -0.385. The molecular formula is C31H25N5O6S. The van der Waals surface area contributed by atoms with E-state index in [2.05, 4.69) is 16.0 Å². The van der Waals surface area contributed by atoms with Crippen LogP contribution < -0.4 is 21.7 Å². The highest BCUT2D eigenvalue weighted by molar-refractivity contribution is 8.00. The van der Waals surface area contributed by atoms with Crippen LogP contribution in [0.25, 0.3) is 6.08 Å². The summed E-state index contributed by atoms with van der Waals surface area (Å²) >= 11 is 1.23. The Balaban J connectivity index is 1.45. The number of nitro benzene ring substituents is 1. The third-order valence-corrected chi connectivity index (χ3v) is 6.92. The molecule has 4 rings (SSSR count). The Hall–Kier alpha value is -5.75. The number of hydrogen-bond donors (Lipinski definition) is 4. The molecule has 0 saturated heterocycles. The van der Waals surface area contributed by atoms with Gasteiger partial charge in [0.15, 0.2) is 0 Å². The Morgan fingerprint density at radius 2 is 1.47 bits per heavy atom. The Morgan fingerprint density at radius 1 is 0.814 bits per heavy atom. The fourth-order valence-corrected chi connectivity index (χ4v) is 4.55. The molecule has 5 N–H and O–H groups in total. The van der Waals surface area contributed by atoms with E-state index in [4.69, 9.17) is 5.73 Å². The molecule has 11 nitrogen and oxygen atoms in total. The summed E-state index contributed by atoms with van der Waals surface area (Å²) in [6.07, 6.45) is 1.24. The van der Waals surface area contributed by atoms with Gasteiger partial charge in [-0.15, -0.1) is 11.8 Å². The molecule has 0 aliphatic heterocycles. The smallest absolute Gasteiger partial charge is 0.276 e. The summed E-state index contributed by atoms with van der Waals surface area (Å²) in [5.74, 6) is -2.21. The summed E-state index contributed by atoms with van der Waals surface area (Å²) in [5.41, 5.74) is 6.27. The Morgan fingerprint density at radius 3 is 2.16 bits per heavy atom. The summed E-state index contributed by atoms with van der Waals surface area (Å²) in [7, 11) is 0. The lowest BCUT2D eigenvalue weighted by Gasteiger charge is -2.12. The van der Waals surface area contributed by atoms with Gasteiger partial charge in [-0.25, -0.2) is 0 Å². The average Bonchev–Trinajstić information content (AvgIpc) is 3.01. The van der Waals surface area contributed by atoms with E-state index in [0.717, 1.165) is 4.90 Å². The van der Waals surface area contributed by atoms with Crippen molar-refractivity contribution in [1.82, 2.24) is 5.32 Å². The highest BCUT2D eigenvalue weighted by Crippen LogP contribution is 2.23. The van der Waals surface area contributed by atoms with Crippen LogP contribution in [0.1, 0.15) is 26.3 Å². The summed E-state index contributed by atoms with van der Waals surface area (Å²) in [5, 5.41) is 19.4. The first-order valence-electron chi connectivity index (χ1n) is 12.8. The molecule has 0 aromatic heterocycles. The van der Waals surface area contributed by atoms with Gasteiger partial charge in [0.25, 0.3) is 23.4 Å². The van der Waals surface area contributed by atoms with Crippen molar-refractivity contribution >= 4 is 58.5 Å². The average molecular weight is 596 g/mol. The fourth-order valence-electron chi connectivity index (χ4n) is 3.85. The number of anilines is 2. The van der Waals surface area contributed by atoms with Crippen molar-refractivity contribution in [2.45, 2.75) is 4.90 Å². The van der Waals surface area contributed by atoms with Crippen LogP contribution in [0.15, 0.2) is 114 Å². The number of rotatable bonds is 11. The molecule has 0 aliphatic rings. The molecule has 0 unspecified atom stereocenters. The van der Waals surface area contributed by atoms with Gasteiger partial charge in [0, 0.05) is 22.2 Å². The summed E-state index contributed by atoms with van der Waals surface area (Å²) < 4.78 is 0. The number of hydrogen-bond acceptors (Lipinski definition) is 7. The van der Waals surface area contributed by atoms with Crippen molar-refractivity contribution in [3.63, 3.8) is 0 Å². The van der Waals surface area contributed by atoms with Crippen LogP contribution in [-0.4, -0.2) is 34.3 Å². The highest BCUT2D eigenvalue weighted by Gasteiger charge is 2.18. The Labute approximate surface area is 250 Å². The molecule has 216 valence electrons. The van der Waals surface area contributed by atoms with Gasteiger partial charge >= 0.3 is 0 Å². The first-order chi connectivity index (χ1) is 20.7. The second-order valence-electron chi connectivity index (χ2n) is 8.92. The second-order valence-corrected chi connectivity index (χ2v) is 9.97. The standard InChI is InChI=1S/C31H25N5O6S/c32-29(38)24-11-5-6-12-25(24)34-28(37)19-43-23-16-14-22(15-17-23)33-31(40)26(35-30(39)20-8-2-1-3-9-20)18-21-10-4-7-13-27(21)36(41)42/h1-18H,19H2,(H2,32,38)(H,33,40)(H,34,37)(H,35,39)/b26-18-. The van der Waals surface area contributed by atoms with Crippen LogP contribution in [0, 0.1) is 10.1 Å². The van der Waals surface area contributed by atoms with Crippen LogP contribution >= 0.6 is 11.8 Å². The lowest BCUT2D eigenvalue weighted by Crippen LogP contribution is -2.30. The van der Waals surface area contributed by atoms with Gasteiger partial charge in [0.2, 0.25) is 5.91 Å². The van der Waals surface area contributed by atoms with Crippen molar-refractivity contribution in [2.75, 3.05) is 16.4 Å². The van der Waals surface area contributed by atoms with Gasteiger partial charge in [-0.2, -0.15) is 0 Å². The molecule has 0 fully saturated rings. The van der Waals surface area contributed by atoms with Crippen molar-refractivity contribution in [2.24, 2.45) is 5.73 Å². The fraction of sp³-hybridized carbons (Fsp3) is 0.0323. The quantitative estimate of drug-likeness (QED) is 0.0831. The van der Waals surface area contributed by atoms with E-state index in [1.54, 1.807) is 78.9 Å². The third-order valence-electron chi connectivity index (χ3n) is 5.91. The maximum Gasteiger partial charge on any atom is 0.276 e. The number of nitro groups is 1. The third kappa shape index (κ3) is 8.38. The van der Waals surface area contributed by atoms with E-state index in [9.17, 15) is 29.3 Å². The minimum Gasteiger partial charge on any atom is -0.366 e. The highest BCUT2D eigenvalue weighted by atomic mass is 32.2. The Kier molecular flexibility index (Phi) is 10.0. The van der Waals surface area contributed by atoms with Crippen LogP contribution in [0.5, 0.6) is 0 Å². The molecule has 0 radical (unpaired) electrons. The number of nitrogens with one attached hydrogen (secondary N) is 3. The minimum absolute atomic E-state index is 0.0487. The van der Waals surface area contributed by atoms with E-state index in [1.807, 2.05) is 0 Å². The zero-order valence-electron chi connectivity index (χ0n) is 22.5. The largest absolute Gasteiger partial charge is 0.366 e. The number of carbonyl (C=O) groups is 4. The predicted molar refractivity (Wildman–Crippen MR) is 164 cm³/mol. The van der Waals surface area contributed by atoms with E-state index in [-0.39, 0.29) is 34.2 Å². The second kappa shape index (κ2) is 14.2. The maximum absolute atomic E-state index is 13.3. The van der Waals surface area contributed by atoms with E-state index < -0.39 is 22.6 Å². The first-order valence-corrected chi connectivity index (χ1v) is 13.7. The van der Waals surface area contributed by atoms with Gasteiger partial charge in [0.05, 0.1) is 27.5 Å². The summed E-state index contributed by atoms with van der Waals surface area (Å²) in [6, 6.07) is 27.1. The minimum atomic E-state index is -0.699. The zero-order valence-corrected chi connectivity index (χ0v) is 23.3. The molecule has 43 heavy (non-hydrogen) atoms. The van der Waals surface area contributed by atoms with Crippen LogP contribution in [0.4, 0.5) is 17.1 Å².